The maximum absolute atomic E-state index is 14.3. The molecule has 0 saturated carbocycles. The predicted octanol–water partition coefficient (Wildman–Crippen LogP) is 3.54. The number of carbonyl (C=O) groups is 8. The van der Waals surface area contributed by atoms with Gasteiger partial charge >= 0.3 is 5.97 Å². The first kappa shape index (κ1) is 51.6. The van der Waals surface area contributed by atoms with E-state index < -0.39 is 51.8 Å². The number of pyridine rings is 2. The van der Waals surface area contributed by atoms with Gasteiger partial charge in [-0.25, -0.2) is 23.5 Å². The summed E-state index contributed by atoms with van der Waals surface area (Å²) < 4.78 is 28.5. The van der Waals surface area contributed by atoms with Gasteiger partial charge in [-0.3, -0.25) is 33.6 Å². The molecule has 353 valence electrons. The summed E-state index contributed by atoms with van der Waals surface area (Å²) in [6.07, 6.45) is 4.30. The van der Waals surface area contributed by atoms with E-state index in [0.717, 1.165) is 12.4 Å². The standard InChI is InChI=1S/C21H17FN4O5.C21H17FN4O4.CH4.Ag.HNO3/c22-14-11-24-17(21(30)31)16-15(14)13(10-23-16)18(27)20(29)26-8-6-25(7-9-26)19(28)12-4-2-1-3-5-12;22-15-11-23-16(12-27)18-17(15)14(10-24-18)19(28)21(30)26-8-6-25(7-9-26)20(29)13-4-2-1-3-5-13;;;2-1(3)4/h1-5,10-11,23H,6-9H2,(H,30,31);1-5,10-12,24H,6-9H2;1H4;;(H,2,3,4). The van der Waals surface area contributed by atoms with Gasteiger partial charge in [0.2, 0.25) is 0 Å². The van der Waals surface area contributed by atoms with Gasteiger partial charge < -0.3 is 39.9 Å². The number of aromatic amines is 2. The molecule has 2 aliphatic heterocycles. The van der Waals surface area contributed by atoms with Crippen molar-refractivity contribution >= 4 is 69.3 Å². The topological polar surface area (TPSA) is 290 Å². The molecule has 4 aromatic heterocycles. The molecule has 6 aromatic rings. The Bertz CT molecular complexity index is 2840. The van der Waals surface area contributed by atoms with Gasteiger partial charge in [0.1, 0.15) is 5.69 Å². The molecule has 0 unspecified atom stereocenters. The van der Waals surface area contributed by atoms with Crippen molar-refractivity contribution in [3.63, 3.8) is 0 Å². The van der Waals surface area contributed by atoms with Crippen molar-refractivity contribution in [2.24, 2.45) is 0 Å². The van der Waals surface area contributed by atoms with E-state index in [1.54, 1.807) is 58.3 Å². The summed E-state index contributed by atoms with van der Waals surface area (Å²) in [5, 5.41) is 22.4. The fourth-order valence-electron chi connectivity index (χ4n) is 7.12. The van der Waals surface area contributed by atoms with E-state index in [-0.39, 0.29) is 133 Å². The van der Waals surface area contributed by atoms with Crippen LogP contribution in [0.4, 0.5) is 8.78 Å². The zero-order valence-electron chi connectivity index (χ0n) is 34.0. The Morgan fingerprint density at radius 1 is 0.642 bits per heavy atom. The Balaban J connectivity index is 0.000000264. The third kappa shape index (κ3) is 11.4. The second kappa shape index (κ2) is 22.7. The molecule has 2 aromatic carbocycles. The predicted molar refractivity (Wildman–Crippen MR) is 226 cm³/mol. The van der Waals surface area contributed by atoms with Gasteiger partial charge in [0.05, 0.1) is 45.3 Å². The van der Waals surface area contributed by atoms with E-state index in [2.05, 4.69) is 19.9 Å². The minimum Gasteiger partial charge on any atom is -0.476 e. The molecule has 2 aliphatic rings. The first-order valence-corrected chi connectivity index (χ1v) is 19.3. The number of aldehydes is 1. The van der Waals surface area contributed by atoms with Gasteiger partial charge in [0.15, 0.2) is 23.6 Å². The van der Waals surface area contributed by atoms with Crippen molar-refractivity contribution < 1.29 is 84.9 Å². The SMILES string of the molecule is C.O=C(O)c1ncc(F)c2c(C(=O)C(=O)N3CCN(C(=O)c4ccccc4)CC3)c[nH]c12.O=Cc1ncc(F)c2c(C(=O)C(=O)N3CCN(C(=O)c4ccccc4)CC3)c[nH]c12.O=[N+]([O-])O.[Ag]. The molecule has 2 fully saturated rings. The number of Topliss-reactive ketones (excluding diaryl/α,β-unsaturated/α-hetero) is 2. The Morgan fingerprint density at radius 2 is 1.00 bits per heavy atom. The average molecular weight is 1020 g/mol. The first-order valence-electron chi connectivity index (χ1n) is 19.3. The van der Waals surface area contributed by atoms with Crippen LogP contribution in [0.25, 0.3) is 21.8 Å². The number of hydrogen-bond acceptors (Lipinski definition) is 12. The number of rotatable bonds is 8. The first-order chi connectivity index (χ1) is 31.1. The third-order valence-electron chi connectivity index (χ3n) is 10.3. The van der Waals surface area contributed by atoms with Gasteiger partial charge in [-0.1, -0.05) is 43.8 Å². The van der Waals surface area contributed by atoms with Gasteiger partial charge in [-0.2, -0.15) is 0 Å². The molecule has 8 rings (SSSR count). The number of aromatic carboxylic acids is 1. The minimum atomic E-state index is -1.50. The number of H-pyrrole nitrogens is 2. The molecule has 67 heavy (non-hydrogen) atoms. The summed E-state index contributed by atoms with van der Waals surface area (Å²) in [5.41, 5.74) is 0.0897. The molecule has 6 heterocycles. The van der Waals surface area contributed by atoms with Crippen molar-refractivity contribution in [3.05, 3.63) is 141 Å². The van der Waals surface area contributed by atoms with Crippen LogP contribution in [0.5, 0.6) is 0 Å². The van der Waals surface area contributed by atoms with Crippen LogP contribution in [0.2, 0.25) is 0 Å². The van der Waals surface area contributed by atoms with E-state index in [0.29, 0.717) is 23.6 Å². The van der Waals surface area contributed by atoms with Crippen LogP contribution in [0.1, 0.15) is 69.8 Å². The molecule has 4 amide bonds. The van der Waals surface area contributed by atoms with Crippen molar-refractivity contribution in [2.45, 2.75) is 7.43 Å². The summed E-state index contributed by atoms with van der Waals surface area (Å²) in [6, 6.07) is 17.5. The van der Waals surface area contributed by atoms with Crippen LogP contribution in [0.3, 0.4) is 0 Å². The number of halogens is 2. The number of hydrogen-bond donors (Lipinski definition) is 4. The van der Waals surface area contributed by atoms with E-state index in [1.165, 1.54) is 16.0 Å². The second-order valence-electron chi connectivity index (χ2n) is 14.1. The second-order valence-corrected chi connectivity index (χ2v) is 14.1. The van der Waals surface area contributed by atoms with Gasteiger partial charge in [-0.15, -0.1) is 10.1 Å². The van der Waals surface area contributed by atoms with Crippen molar-refractivity contribution in [1.29, 1.82) is 0 Å². The number of ketones is 2. The fraction of sp³-hybridized carbons (Fsp3) is 0.209. The number of carboxylic acid groups (broad SMARTS) is 1. The quantitative estimate of drug-likeness (QED) is 0.0424. The average Bonchev–Trinajstić information content (AvgIpc) is 3.98. The molecule has 0 aliphatic carbocycles. The summed E-state index contributed by atoms with van der Waals surface area (Å²) in [7, 11) is 0. The summed E-state index contributed by atoms with van der Waals surface area (Å²) in [4.78, 5) is 125. The number of benzene rings is 2. The molecule has 2 saturated heterocycles. The number of piperazine rings is 2. The molecule has 24 heteroatoms. The van der Waals surface area contributed by atoms with Crippen LogP contribution in [-0.4, -0.2) is 155 Å². The Labute approximate surface area is 393 Å². The molecule has 1 radical (unpaired) electrons. The molecule has 4 N–H and O–H groups in total. The van der Waals surface area contributed by atoms with E-state index in [1.807, 2.05) is 12.1 Å². The molecule has 21 nitrogen and oxygen atoms in total. The zero-order chi connectivity index (χ0) is 46.9. The number of carbonyl (C=O) groups excluding carboxylic acids is 7. The number of nitrogens with zero attached hydrogens (tertiary/aromatic N) is 7. The van der Waals surface area contributed by atoms with Crippen LogP contribution in [0, 0.1) is 21.7 Å². The van der Waals surface area contributed by atoms with E-state index >= 15 is 0 Å². The maximum Gasteiger partial charge on any atom is 0.356 e. The van der Waals surface area contributed by atoms with Gasteiger partial charge in [0, 0.05) is 98.3 Å². The third-order valence-corrected chi connectivity index (χ3v) is 10.3. The molecular formula is C43H39AgF2N9O12. The monoisotopic (exact) mass is 1020 g/mol. The number of fused-ring (bicyclic) bond motifs is 2. The Morgan fingerprint density at radius 3 is 1.39 bits per heavy atom. The summed E-state index contributed by atoms with van der Waals surface area (Å²) in [5.74, 6) is -6.87. The number of aromatic nitrogens is 4. The summed E-state index contributed by atoms with van der Waals surface area (Å²) >= 11 is 0. The largest absolute Gasteiger partial charge is 0.476 e. The Hall–Kier alpha value is -8.02. The van der Waals surface area contributed by atoms with Crippen LogP contribution >= 0.6 is 0 Å². The van der Waals surface area contributed by atoms with E-state index in [4.69, 9.17) is 15.3 Å². The number of carboxylic acids is 1. The van der Waals surface area contributed by atoms with Crippen LogP contribution in [0.15, 0.2) is 85.5 Å². The van der Waals surface area contributed by atoms with Crippen LogP contribution in [-0.2, 0) is 32.0 Å². The van der Waals surface area contributed by atoms with Gasteiger partial charge in [-0.05, 0) is 24.3 Å². The maximum atomic E-state index is 14.3. The molecular weight excluding hydrogens is 980 g/mol. The number of nitrogens with one attached hydrogen (secondary N) is 2. The Kier molecular flexibility index (Phi) is 17.5. The molecule has 0 atom stereocenters. The van der Waals surface area contributed by atoms with Crippen LogP contribution < -0.4 is 0 Å². The zero-order valence-corrected chi connectivity index (χ0v) is 35.5. The van der Waals surface area contributed by atoms with Crippen molar-refractivity contribution in [3.8, 4) is 0 Å². The van der Waals surface area contributed by atoms with Crippen molar-refractivity contribution in [2.75, 3.05) is 52.4 Å². The summed E-state index contributed by atoms with van der Waals surface area (Å²) in [6.45, 7) is 1.75. The smallest absolute Gasteiger partial charge is 0.356 e. The normalized spacial score (nSPS) is 13.1. The minimum absolute atomic E-state index is 0. The molecule has 0 bridgehead atoms. The molecule has 0 spiro atoms. The van der Waals surface area contributed by atoms with Crippen molar-refractivity contribution in [1.82, 2.24) is 39.5 Å². The number of amides is 4. The fourth-order valence-corrected chi connectivity index (χ4v) is 7.12. The van der Waals surface area contributed by atoms with Gasteiger partial charge in [0.25, 0.3) is 40.3 Å². The van der Waals surface area contributed by atoms with E-state index in [9.17, 15) is 52.2 Å².